The van der Waals surface area contributed by atoms with E-state index in [0.717, 1.165) is 31.6 Å². The molecule has 1 aromatic heterocycles. The van der Waals surface area contributed by atoms with Crippen molar-refractivity contribution >= 4 is 17.3 Å². The highest BCUT2D eigenvalue weighted by Gasteiger charge is 2.19. The van der Waals surface area contributed by atoms with E-state index in [-0.39, 0.29) is 11.6 Å². The largest absolute Gasteiger partial charge is 0.369 e. The Morgan fingerprint density at radius 2 is 2.00 bits per heavy atom. The van der Waals surface area contributed by atoms with Crippen molar-refractivity contribution in [3.05, 3.63) is 21.6 Å². The summed E-state index contributed by atoms with van der Waals surface area (Å²) in [6.45, 7) is 5.76. The number of hydrogen-bond donors (Lipinski definition) is 0. The van der Waals surface area contributed by atoms with Crippen LogP contribution in [0.5, 0.6) is 0 Å². The van der Waals surface area contributed by atoms with Crippen molar-refractivity contribution < 1.29 is 0 Å². The lowest BCUT2D eigenvalue weighted by Gasteiger charge is -2.19. The zero-order chi connectivity index (χ0) is 11.7. The zero-order valence-corrected chi connectivity index (χ0v) is 10.4. The fraction of sp³-hybridized carbons (Fsp3) is 0.636. The van der Waals surface area contributed by atoms with Gasteiger partial charge in [-0.3, -0.25) is 4.79 Å². The monoisotopic (exact) mass is 241 g/mol. The first-order valence-electron chi connectivity index (χ1n) is 5.63. The lowest BCUT2D eigenvalue weighted by molar-refractivity contribution is 0.502. The van der Waals surface area contributed by atoms with E-state index in [1.165, 1.54) is 4.68 Å². The molecule has 0 aromatic carbocycles. The van der Waals surface area contributed by atoms with Crippen molar-refractivity contribution in [1.29, 1.82) is 0 Å². The molecule has 1 aliphatic rings. The number of hydrogen-bond acceptors (Lipinski definition) is 3. The first kappa shape index (κ1) is 11.5. The van der Waals surface area contributed by atoms with Gasteiger partial charge in [-0.2, -0.15) is 5.10 Å². The lowest BCUT2D eigenvalue weighted by Crippen LogP contribution is -2.28. The molecule has 0 bridgehead atoms. The molecule has 0 amide bonds. The van der Waals surface area contributed by atoms with Crippen molar-refractivity contribution in [1.82, 2.24) is 9.78 Å². The van der Waals surface area contributed by atoms with Crippen LogP contribution >= 0.6 is 11.6 Å². The number of rotatable bonds is 2. The number of nitrogens with zero attached hydrogens (tertiary/aromatic N) is 3. The molecule has 0 unspecified atom stereocenters. The van der Waals surface area contributed by atoms with E-state index < -0.39 is 0 Å². The molecular weight excluding hydrogens is 226 g/mol. The molecular formula is C11H16ClN3O. The van der Waals surface area contributed by atoms with E-state index in [4.69, 9.17) is 11.6 Å². The van der Waals surface area contributed by atoms with Gasteiger partial charge in [0.1, 0.15) is 5.02 Å². The maximum atomic E-state index is 11.9. The number of anilines is 1. The summed E-state index contributed by atoms with van der Waals surface area (Å²) in [4.78, 5) is 14.1. The molecule has 0 aliphatic carbocycles. The van der Waals surface area contributed by atoms with Crippen LogP contribution in [0.1, 0.15) is 32.7 Å². The highest BCUT2D eigenvalue weighted by atomic mass is 35.5. The molecule has 1 aromatic rings. The molecule has 88 valence electrons. The van der Waals surface area contributed by atoms with Crippen LogP contribution in [0.3, 0.4) is 0 Å². The first-order valence-corrected chi connectivity index (χ1v) is 6.01. The Hall–Kier alpha value is -1.03. The zero-order valence-electron chi connectivity index (χ0n) is 9.61. The predicted octanol–water partition coefficient (Wildman–Crippen LogP) is 2.08. The minimum absolute atomic E-state index is 0.0395. The third kappa shape index (κ3) is 1.94. The number of aromatic nitrogens is 2. The topological polar surface area (TPSA) is 38.1 Å². The van der Waals surface area contributed by atoms with Crippen LogP contribution in [0.15, 0.2) is 11.0 Å². The van der Waals surface area contributed by atoms with Crippen LogP contribution in [0.4, 0.5) is 5.69 Å². The summed E-state index contributed by atoms with van der Waals surface area (Å²) < 4.78 is 1.42. The van der Waals surface area contributed by atoms with E-state index in [9.17, 15) is 4.79 Å². The van der Waals surface area contributed by atoms with Crippen molar-refractivity contribution in [2.24, 2.45) is 0 Å². The summed E-state index contributed by atoms with van der Waals surface area (Å²) in [6.07, 6.45) is 4.02. The minimum Gasteiger partial charge on any atom is -0.369 e. The molecule has 1 aliphatic heterocycles. The van der Waals surface area contributed by atoms with Gasteiger partial charge in [0, 0.05) is 13.1 Å². The third-order valence-corrected chi connectivity index (χ3v) is 3.22. The Balaban J connectivity index is 2.42. The molecule has 0 N–H and O–H groups in total. The van der Waals surface area contributed by atoms with Crippen molar-refractivity contribution in [3.63, 3.8) is 0 Å². The molecule has 1 saturated heterocycles. The molecule has 0 spiro atoms. The number of halogens is 1. The van der Waals surface area contributed by atoms with Gasteiger partial charge < -0.3 is 4.90 Å². The Morgan fingerprint density at radius 1 is 1.38 bits per heavy atom. The lowest BCUT2D eigenvalue weighted by atomic mass is 10.3. The SMILES string of the molecule is CC(C)n1ncc(N2CCCC2)c(Cl)c1=O. The van der Waals surface area contributed by atoms with Crippen LogP contribution in [-0.2, 0) is 0 Å². The molecule has 2 rings (SSSR count). The summed E-state index contributed by atoms with van der Waals surface area (Å²) >= 11 is 6.11. The average molecular weight is 242 g/mol. The Bertz CT molecular complexity index is 435. The highest BCUT2D eigenvalue weighted by Crippen LogP contribution is 2.25. The Morgan fingerprint density at radius 3 is 2.56 bits per heavy atom. The van der Waals surface area contributed by atoms with E-state index >= 15 is 0 Å². The molecule has 2 heterocycles. The fourth-order valence-electron chi connectivity index (χ4n) is 1.98. The maximum absolute atomic E-state index is 11.9. The minimum atomic E-state index is -0.193. The quantitative estimate of drug-likeness (QED) is 0.796. The second-order valence-electron chi connectivity index (χ2n) is 4.38. The average Bonchev–Trinajstić information content (AvgIpc) is 2.74. The van der Waals surface area contributed by atoms with Gasteiger partial charge in [-0.1, -0.05) is 11.6 Å². The molecule has 4 nitrogen and oxygen atoms in total. The summed E-state index contributed by atoms with van der Waals surface area (Å²) in [6, 6.07) is 0.0395. The molecule has 16 heavy (non-hydrogen) atoms. The predicted molar refractivity (Wildman–Crippen MR) is 65.3 cm³/mol. The van der Waals surface area contributed by atoms with Gasteiger partial charge in [-0.25, -0.2) is 4.68 Å². The normalized spacial score (nSPS) is 16.1. The van der Waals surface area contributed by atoms with Crippen LogP contribution in [0.25, 0.3) is 0 Å². The van der Waals surface area contributed by atoms with E-state index in [2.05, 4.69) is 10.00 Å². The van der Waals surface area contributed by atoms with Crippen molar-refractivity contribution in [3.8, 4) is 0 Å². The van der Waals surface area contributed by atoms with E-state index in [1.54, 1.807) is 6.20 Å². The Labute approximate surface area is 99.8 Å². The van der Waals surface area contributed by atoms with Gasteiger partial charge in [-0.05, 0) is 26.7 Å². The highest BCUT2D eigenvalue weighted by molar-refractivity contribution is 6.33. The third-order valence-electron chi connectivity index (χ3n) is 2.86. The molecule has 0 radical (unpaired) electrons. The maximum Gasteiger partial charge on any atom is 0.287 e. The molecule has 5 heteroatoms. The van der Waals surface area contributed by atoms with Crippen LogP contribution in [0, 0.1) is 0 Å². The molecule has 1 fully saturated rings. The smallest absolute Gasteiger partial charge is 0.287 e. The summed E-state index contributed by atoms with van der Waals surface area (Å²) in [5.41, 5.74) is 0.585. The van der Waals surface area contributed by atoms with Gasteiger partial charge in [0.2, 0.25) is 0 Å². The van der Waals surface area contributed by atoms with E-state index in [0.29, 0.717) is 5.02 Å². The molecule has 0 atom stereocenters. The summed E-state index contributed by atoms with van der Waals surface area (Å²) in [5, 5.41) is 4.46. The van der Waals surface area contributed by atoms with Gasteiger partial charge in [0.15, 0.2) is 0 Å². The fourth-order valence-corrected chi connectivity index (χ4v) is 2.24. The van der Waals surface area contributed by atoms with Gasteiger partial charge in [0.05, 0.1) is 17.9 Å². The van der Waals surface area contributed by atoms with Crippen LogP contribution in [-0.4, -0.2) is 22.9 Å². The van der Waals surface area contributed by atoms with Crippen molar-refractivity contribution in [2.45, 2.75) is 32.7 Å². The van der Waals surface area contributed by atoms with Gasteiger partial charge in [0.25, 0.3) is 5.56 Å². The Kier molecular flexibility index (Phi) is 3.19. The van der Waals surface area contributed by atoms with Crippen molar-refractivity contribution in [2.75, 3.05) is 18.0 Å². The van der Waals surface area contributed by atoms with Crippen LogP contribution < -0.4 is 10.5 Å². The summed E-state index contributed by atoms with van der Waals surface area (Å²) in [5.74, 6) is 0. The van der Waals surface area contributed by atoms with E-state index in [1.807, 2.05) is 13.8 Å². The standard InChI is InChI=1S/C11H16ClN3O/c1-8(2)15-11(16)10(12)9(7-13-15)14-5-3-4-6-14/h7-8H,3-6H2,1-2H3. The van der Waals surface area contributed by atoms with Gasteiger partial charge in [-0.15, -0.1) is 0 Å². The second kappa shape index (κ2) is 4.45. The molecule has 0 saturated carbocycles. The van der Waals surface area contributed by atoms with Crippen LogP contribution in [0.2, 0.25) is 5.02 Å². The second-order valence-corrected chi connectivity index (χ2v) is 4.76. The first-order chi connectivity index (χ1) is 7.61. The van der Waals surface area contributed by atoms with Gasteiger partial charge >= 0.3 is 0 Å². The summed E-state index contributed by atoms with van der Waals surface area (Å²) in [7, 11) is 0.